The van der Waals surface area contributed by atoms with Gasteiger partial charge in [0, 0.05) is 10.7 Å². The van der Waals surface area contributed by atoms with Crippen LogP contribution >= 0.6 is 31.9 Å². The molecule has 0 N–H and O–H groups in total. The molecule has 0 spiro atoms. The predicted molar refractivity (Wildman–Crippen MR) is 187 cm³/mol. The van der Waals surface area contributed by atoms with Gasteiger partial charge in [0.2, 0.25) is 0 Å². The van der Waals surface area contributed by atoms with Gasteiger partial charge < -0.3 is 4.12 Å². The van der Waals surface area contributed by atoms with Crippen molar-refractivity contribution < 1.29 is 4.12 Å². The Labute approximate surface area is 260 Å². The highest BCUT2D eigenvalue weighted by molar-refractivity contribution is 9.08. The third kappa shape index (κ3) is 11.2. The van der Waals surface area contributed by atoms with E-state index in [1.165, 1.54) is 85.7 Å². The second kappa shape index (κ2) is 15.9. The van der Waals surface area contributed by atoms with Gasteiger partial charge in [-0.05, 0) is 83.2 Å². The molecule has 0 aliphatic heterocycles. The summed E-state index contributed by atoms with van der Waals surface area (Å²) in [5.41, 5.74) is 5.65. The molecule has 2 aromatic rings. The molecular formula is C34H56Br2OSi2. The van der Waals surface area contributed by atoms with Gasteiger partial charge in [0.1, 0.15) is 0 Å². The monoisotopic (exact) mass is 694 g/mol. The van der Waals surface area contributed by atoms with Crippen molar-refractivity contribution in [3.63, 3.8) is 0 Å². The number of hydrogen-bond donors (Lipinski definition) is 0. The first-order chi connectivity index (χ1) is 18.2. The number of alkyl halides is 2. The Morgan fingerprint density at radius 1 is 0.513 bits per heavy atom. The van der Waals surface area contributed by atoms with Gasteiger partial charge in [0.15, 0.2) is 16.6 Å². The molecule has 0 saturated heterocycles. The van der Waals surface area contributed by atoms with Crippen LogP contribution in [-0.4, -0.2) is 16.6 Å². The van der Waals surface area contributed by atoms with E-state index in [0.29, 0.717) is 0 Å². The number of halogens is 2. The standard InChI is InChI=1S/C34H56Br2OSi2/c1-33(2,3)38(7,25-13-9-11-15-29-17-21-31(27-35)22-18-29)37-39(8,34(4,5)6)26-14-10-12-16-30-19-23-32(28-36)24-20-30/h17-24H,9-16,25-28H2,1-8H3. The minimum atomic E-state index is -1.92. The SMILES string of the molecule is CC(C)(C)[Si](C)(CCCCCc1ccc(CBr)cc1)O[Si](C)(CCCCCc1ccc(CBr)cc1)C(C)(C)C. The topological polar surface area (TPSA) is 9.23 Å². The molecule has 0 heterocycles. The summed E-state index contributed by atoms with van der Waals surface area (Å²) in [4.78, 5) is 0. The molecule has 0 bridgehead atoms. The van der Waals surface area contributed by atoms with Crippen LogP contribution in [0.15, 0.2) is 48.5 Å². The first-order valence-corrected chi connectivity index (χ1v) is 22.7. The van der Waals surface area contributed by atoms with E-state index in [1.54, 1.807) is 0 Å². The highest BCUT2D eigenvalue weighted by Gasteiger charge is 2.50. The van der Waals surface area contributed by atoms with E-state index < -0.39 is 16.6 Å². The molecule has 5 heteroatoms. The van der Waals surface area contributed by atoms with Crippen molar-refractivity contribution in [1.82, 2.24) is 0 Å². The van der Waals surface area contributed by atoms with Gasteiger partial charge in [-0.2, -0.15) is 0 Å². The van der Waals surface area contributed by atoms with Gasteiger partial charge in [0.25, 0.3) is 0 Å². The van der Waals surface area contributed by atoms with Crippen molar-refractivity contribution in [3.05, 3.63) is 70.8 Å². The Bertz CT molecular complexity index is 883. The molecule has 2 atom stereocenters. The largest absolute Gasteiger partial charge is 0.454 e. The summed E-state index contributed by atoms with van der Waals surface area (Å²) in [6.07, 6.45) is 10.1. The quantitative estimate of drug-likeness (QED) is 0.0964. The van der Waals surface area contributed by atoms with Crippen LogP contribution < -0.4 is 0 Å². The fraction of sp³-hybridized carbons (Fsp3) is 0.647. The predicted octanol–water partition coefficient (Wildman–Crippen LogP) is 12.4. The molecule has 0 saturated carbocycles. The fourth-order valence-electron chi connectivity index (χ4n) is 5.18. The molecule has 2 rings (SSSR count). The molecular weight excluding hydrogens is 640 g/mol. The van der Waals surface area contributed by atoms with Crippen LogP contribution in [0.4, 0.5) is 0 Å². The highest BCUT2D eigenvalue weighted by atomic mass is 79.9. The van der Waals surface area contributed by atoms with Gasteiger partial charge >= 0.3 is 0 Å². The van der Waals surface area contributed by atoms with Gasteiger partial charge in [-0.25, -0.2) is 0 Å². The van der Waals surface area contributed by atoms with Gasteiger partial charge in [-0.3, -0.25) is 0 Å². The van der Waals surface area contributed by atoms with Crippen LogP contribution in [-0.2, 0) is 27.6 Å². The van der Waals surface area contributed by atoms with Crippen LogP contribution in [0.25, 0.3) is 0 Å². The average molecular weight is 697 g/mol. The zero-order valence-electron chi connectivity index (χ0n) is 26.3. The Kier molecular flexibility index (Phi) is 14.2. The zero-order valence-corrected chi connectivity index (χ0v) is 31.4. The smallest absolute Gasteiger partial charge is 0.182 e. The van der Waals surface area contributed by atoms with Crippen molar-refractivity contribution in [2.75, 3.05) is 0 Å². The van der Waals surface area contributed by atoms with E-state index >= 15 is 0 Å². The van der Waals surface area contributed by atoms with Crippen molar-refractivity contribution in [3.8, 4) is 0 Å². The van der Waals surface area contributed by atoms with Gasteiger partial charge in [-0.15, -0.1) is 0 Å². The van der Waals surface area contributed by atoms with E-state index in [0.717, 1.165) is 10.7 Å². The molecule has 0 aliphatic rings. The molecule has 0 aromatic heterocycles. The van der Waals surface area contributed by atoms with E-state index in [9.17, 15) is 0 Å². The minimum absolute atomic E-state index is 0.249. The normalized spacial score (nSPS) is 15.6. The van der Waals surface area contributed by atoms with Crippen molar-refractivity contribution in [1.29, 1.82) is 0 Å². The number of rotatable bonds is 16. The Morgan fingerprint density at radius 3 is 1.10 bits per heavy atom. The van der Waals surface area contributed by atoms with Crippen molar-refractivity contribution in [2.24, 2.45) is 0 Å². The third-order valence-corrected chi connectivity index (χ3v) is 23.1. The fourth-order valence-corrected chi connectivity index (χ4v) is 16.5. The Balaban J connectivity index is 1.91. The lowest BCUT2D eigenvalue weighted by molar-refractivity contribution is 0.425. The van der Waals surface area contributed by atoms with Crippen molar-refractivity contribution in [2.45, 2.75) is 139 Å². The molecule has 0 radical (unpaired) electrons. The van der Waals surface area contributed by atoms with Crippen LogP contribution in [0.1, 0.15) is 102 Å². The minimum Gasteiger partial charge on any atom is -0.454 e. The van der Waals surface area contributed by atoms with Gasteiger partial charge in [0.05, 0.1) is 0 Å². The Hall–Kier alpha value is -0.206. The number of hydrogen-bond acceptors (Lipinski definition) is 1. The maximum Gasteiger partial charge on any atom is 0.182 e. The molecule has 2 aromatic carbocycles. The number of aryl methyl sites for hydroxylation is 2. The van der Waals surface area contributed by atoms with Crippen LogP contribution in [0.3, 0.4) is 0 Å². The number of benzene rings is 2. The maximum absolute atomic E-state index is 7.60. The maximum atomic E-state index is 7.60. The summed E-state index contributed by atoms with van der Waals surface area (Å²) in [7, 11) is -3.83. The molecule has 1 nitrogen and oxygen atoms in total. The third-order valence-electron chi connectivity index (χ3n) is 9.22. The number of unbranched alkanes of at least 4 members (excludes halogenated alkanes) is 4. The van der Waals surface area contributed by atoms with Crippen LogP contribution in [0, 0.1) is 0 Å². The van der Waals surface area contributed by atoms with Gasteiger partial charge in [-0.1, -0.05) is 148 Å². The van der Waals surface area contributed by atoms with Crippen LogP contribution in [0.2, 0.25) is 35.3 Å². The molecule has 0 fully saturated rings. The first kappa shape index (κ1) is 35.0. The van der Waals surface area contributed by atoms with E-state index in [1.807, 2.05) is 0 Å². The molecule has 0 aliphatic carbocycles. The summed E-state index contributed by atoms with van der Waals surface area (Å²) in [5, 5.41) is 2.37. The first-order valence-electron chi connectivity index (χ1n) is 15.2. The molecule has 2 unspecified atom stereocenters. The molecule has 0 amide bonds. The second-order valence-corrected chi connectivity index (χ2v) is 24.9. The molecule has 220 valence electrons. The second-order valence-electron chi connectivity index (χ2n) is 14.1. The lowest BCUT2D eigenvalue weighted by Gasteiger charge is -2.50. The lowest BCUT2D eigenvalue weighted by atomic mass is 10.1. The Morgan fingerprint density at radius 2 is 0.821 bits per heavy atom. The van der Waals surface area contributed by atoms with E-state index in [-0.39, 0.29) is 10.1 Å². The van der Waals surface area contributed by atoms with Crippen molar-refractivity contribution >= 4 is 48.5 Å². The summed E-state index contributed by atoms with van der Waals surface area (Å²) in [6.45, 7) is 19.8. The van der Waals surface area contributed by atoms with Crippen LogP contribution in [0.5, 0.6) is 0 Å². The summed E-state index contributed by atoms with van der Waals surface area (Å²) >= 11 is 7.10. The van der Waals surface area contributed by atoms with E-state index in [4.69, 9.17) is 4.12 Å². The average Bonchev–Trinajstić information content (AvgIpc) is 2.87. The zero-order chi connectivity index (χ0) is 29.2. The lowest BCUT2D eigenvalue weighted by Crippen LogP contribution is -2.56. The highest BCUT2D eigenvalue weighted by Crippen LogP contribution is 2.49. The molecule has 39 heavy (non-hydrogen) atoms. The summed E-state index contributed by atoms with van der Waals surface area (Å²) < 4.78 is 7.60. The summed E-state index contributed by atoms with van der Waals surface area (Å²) in [5.74, 6) is 0. The van der Waals surface area contributed by atoms with E-state index in [2.05, 4.69) is 135 Å². The summed E-state index contributed by atoms with van der Waals surface area (Å²) in [6, 6.07) is 20.8.